The molecule has 1 fully saturated rings. The largest absolute Gasteiger partial charge is 0.312 e. The number of rotatable bonds is 3. The van der Waals surface area contributed by atoms with Crippen molar-refractivity contribution in [3.8, 4) is 0 Å². The van der Waals surface area contributed by atoms with E-state index in [9.17, 15) is 17.6 Å². The average Bonchev–Trinajstić information content (AvgIpc) is 3.12. The third-order valence-corrected chi connectivity index (χ3v) is 7.86. The van der Waals surface area contributed by atoms with Crippen LogP contribution >= 0.6 is 0 Å². The van der Waals surface area contributed by atoms with Crippen LogP contribution in [0.15, 0.2) is 48.5 Å². The second-order valence-corrected chi connectivity index (χ2v) is 10.7. The number of para-hydroxylation sites is 1. The summed E-state index contributed by atoms with van der Waals surface area (Å²) in [5.41, 5.74) is 2.38. The van der Waals surface area contributed by atoms with Gasteiger partial charge in [-0.3, -0.25) is 9.69 Å². The highest BCUT2D eigenvalue weighted by Crippen LogP contribution is 2.33. The van der Waals surface area contributed by atoms with Crippen molar-refractivity contribution in [2.75, 3.05) is 24.2 Å². The van der Waals surface area contributed by atoms with Crippen molar-refractivity contribution >= 4 is 21.6 Å². The Balaban J connectivity index is 1.76. The highest BCUT2D eigenvalue weighted by molar-refractivity contribution is 7.88. The minimum Gasteiger partial charge on any atom is -0.312 e. The summed E-state index contributed by atoms with van der Waals surface area (Å²) in [4.78, 5) is 16.4. The number of hydrogen-bond acceptors (Lipinski definition) is 4. The molecule has 32 heavy (non-hydrogen) atoms. The lowest BCUT2D eigenvalue weighted by Gasteiger charge is -2.32. The van der Waals surface area contributed by atoms with Crippen LogP contribution in [0.25, 0.3) is 0 Å². The fraction of sp³-hybridized carbons (Fsp3) is 0.458. The molecule has 0 aromatic heterocycles. The normalized spacial score (nSPS) is 22.9. The minimum atomic E-state index is -3.42. The topological polar surface area (TPSA) is 60.9 Å². The predicted molar refractivity (Wildman–Crippen MR) is 123 cm³/mol. The van der Waals surface area contributed by atoms with Crippen LogP contribution < -0.4 is 4.90 Å². The lowest BCUT2D eigenvalue weighted by Crippen LogP contribution is -2.46. The average molecular weight is 460 g/mol. The third-order valence-electron chi connectivity index (χ3n) is 6.50. The van der Waals surface area contributed by atoms with Crippen molar-refractivity contribution in [3.63, 3.8) is 0 Å². The standard InChI is InChI=1S/C24H30FN3O3S/c1-18(29)27-14-13-21-11-12-22(28(21)32(2,30)31)17-26(15-19-7-3-5-9-23(19)25)16-20-8-4-6-10-24(20)27/h3-10,21-22H,11-17H2,1-2H3/t21-,22+/m1/s1. The van der Waals surface area contributed by atoms with Crippen molar-refractivity contribution in [2.45, 2.75) is 51.4 Å². The maximum atomic E-state index is 14.5. The first-order valence-electron chi connectivity index (χ1n) is 11.0. The highest BCUT2D eigenvalue weighted by Gasteiger charge is 2.40. The molecule has 0 radical (unpaired) electrons. The Morgan fingerprint density at radius 3 is 2.44 bits per heavy atom. The van der Waals surface area contributed by atoms with Crippen molar-refractivity contribution < 1.29 is 17.6 Å². The van der Waals surface area contributed by atoms with Gasteiger partial charge in [0.15, 0.2) is 0 Å². The van der Waals surface area contributed by atoms with Crippen LogP contribution in [0, 0.1) is 5.82 Å². The summed E-state index contributed by atoms with van der Waals surface area (Å²) in [6.07, 6.45) is 3.37. The number of sulfonamides is 1. The van der Waals surface area contributed by atoms with Crippen molar-refractivity contribution in [2.24, 2.45) is 0 Å². The summed E-state index contributed by atoms with van der Waals surface area (Å²) in [7, 11) is -3.42. The molecule has 0 spiro atoms. The molecule has 2 bridgehead atoms. The van der Waals surface area contributed by atoms with E-state index in [2.05, 4.69) is 4.90 Å². The third kappa shape index (κ3) is 4.87. The number of hydrogen-bond donors (Lipinski definition) is 0. The van der Waals surface area contributed by atoms with E-state index in [4.69, 9.17) is 0 Å². The molecule has 8 heteroatoms. The highest BCUT2D eigenvalue weighted by atomic mass is 32.2. The molecule has 2 aromatic rings. The van der Waals surface area contributed by atoms with E-state index in [0.717, 1.165) is 24.1 Å². The fourth-order valence-electron chi connectivity index (χ4n) is 5.15. The number of fused-ring (bicyclic) bond motifs is 3. The van der Waals surface area contributed by atoms with Crippen molar-refractivity contribution in [3.05, 3.63) is 65.5 Å². The maximum Gasteiger partial charge on any atom is 0.223 e. The van der Waals surface area contributed by atoms with Gasteiger partial charge in [-0.25, -0.2) is 12.8 Å². The molecule has 6 nitrogen and oxygen atoms in total. The summed E-state index contributed by atoms with van der Waals surface area (Å²) in [6, 6.07) is 14.1. The summed E-state index contributed by atoms with van der Waals surface area (Å²) < 4.78 is 41.5. The molecule has 0 aliphatic carbocycles. The van der Waals surface area contributed by atoms with Gasteiger partial charge in [0.25, 0.3) is 0 Å². The van der Waals surface area contributed by atoms with Crippen LogP contribution in [0.2, 0.25) is 0 Å². The quantitative estimate of drug-likeness (QED) is 0.706. The van der Waals surface area contributed by atoms with Crippen LogP contribution in [0.3, 0.4) is 0 Å². The minimum absolute atomic E-state index is 0.0715. The van der Waals surface area contributed by atoms with Crippen LogP contribution in [0.5, 0.6) is 0 Å². The van der Waals surface area contributed by atoms with Crippen LogP contribution in [-0.4, -0.2) is 55.0 Å². The monoisotopic (exact) mass is 459 g/mol. The zero-order valence-electron chi connectivity index (χ0n) is 18.6. The second-order valence-electron chi connectivity index (χ2n) is 8.83. The molecule has 2 heterocycles. The van der Waals surface area contributed by atoms with Gasteiger partial charge in [-0.2, -0.15) is 4.31 Å². The van der Waals surface area contributed by atoms with E-state index in [-0.39, 0.29) is 23.8 Å². The second kappa shape index (κ2) is 9.29. The first-order chi connectivity index (χ1) is 15.2. The number of carbonyl (C=O) groups is 1. The van der Waals surface area contributed by atoms with E-state index >= 15 is 0 Å². The summed E-state index contributed by atoms with van der Waals surface area (Å²) in [5.74, 6) is -0.345. The molecule has 2 atom stereocenters. The van der Waals surface area contributed by atoms with Gasteiger partial charge < -0.3 is 4.90 Å². The zero-order chi connectivity index (χ0) is 22.9. The summed E-state index contributed by atoms with van der Waals surface area (Å²) in [6.45, 7) is 3.36. The SMILES string of the molecule is CC(=O)N1CC[C@H]2CC[C@@H](CN(Cc3ccccc3F)Cc3ccccc31)N2S(C)(=O)=O. The molecule has 2 aliphatic rings. The smallest absolute Gasteiger partial charge is 0.223 e. The number of benzene rings is 2. The van der Waals surface area contributed by atoms with E-state index in [0.29, 0.717) is 38.2 Å². The van der Waals surface area contributed by atoms with E-state index in [1.807, 2.05) is 30.3 Å². The number of nitrogens with zero attached hydrogens (tertiary/aromatic N) is 3. The lowest BCUT2D eigenvalue weighted by atomic mass is 10.1. The van der Waals surface area contributed by atoms with Gasteiger partial charge in [0.05, 0.1) is 6.26 Å². The van der Waals surface area contributed by atoms with E-state index < -0.39 is 10.0 Å². The molecule has 0 unspecified atom stereocenters. The molecule has 2 aliphatic heterocycles. The molecular formula is C24H30FN3O3S. The first-order valence-corrected chi connectivity index (χ1v) is 12.9. The zero-order valence-corrected chi connectivity index (χ0v) is 19.4. The van der Waals surface area contributed by atoms with Crippen molar-refractivity contribution in [1.29, 1.82) is 0 Å². The number of amides is 1. The summed E-state index contributed by atoms with van der Waals surface area (Å²) in [5, 5.41) is 0. The Bertz CT molecular complexity index is 1090. The van der Waals surface area contributed by atoms with E-state index in [1.165, 1.54) is 12.3 Å². The van der Waals surface area contributed by atoms with Crippen LogP contribution in [-0.2, 0) is 27.9 Å². The van der Waals surface area contributed by atoms with Crippen molar-refractivity contribution in [1.82, 2.24) is 9.21 Å². The number of anilines is 1. The molecule has 1 saturated heterocycles. The number of carbonyl (C=O) groups excluding carboxylic acids is 1. The van der Waals surface area contributed by atoms with Crippen LogP contribution in [0.4, 0.5) is 10.1 Å². The molecule has 4 rings (SSSR count). The van der Waals surface area contributed by atoms with Gasteiger partial charge >= 0.3 is 0 Å². The maximum absolute atomic E-state index is 14.5. The number of halogens is 1. The van der Waals surface area contributed by atoms with Gasteiger partial charge in [0.1, 0.15) is 5.82 Å². The Hall–Kier alpha value is -2.29. The van der Waals surface area contributed by atoms with Crippen LogP contribution in [0.1, 0.15) is 37.3 Å². The van der Waals surface area contributed by atoms with E-state index in [1.54, 1.807) is 28.3 Å². The Morgan fingerprint density at radius 2 is 1.72 bits per heavy atom. The lowest BCUT2D eigenvalue weighted by molar-refractivity contribution is -0.116. The molecule has 0 saturated carbocycles. The Morgan fingerprint density at radius 1 is 1.03 bits per heavy atom. The molecule has 2 aromatic carbocycles. The predicted octanol–water partition coefficient (Wildman–Crippen LogP) is 3.38. The Labute approximate surface area is 189 Å². The van der Waals surface area contributed by atoms with Gasteiger partial charge in [-0.05, 0) is 37.0 Å². The first kappa shape index (κ1) is 22.9. The van der Waals surface area contributed by atoms with Gasteiger partial charge in [-0.15, -0.1) is 0 Å². The summed E-state index contributed by atoms with van der Waals surface area (Å²) >= 11 is 0. The van der Waals surface area contributed by atoms with Gasteiger partial charge in [0.2, 0.25) is 15.9 Å². The molecular weight excluding hydrogens is 429 g/mol. The molecule has 1 amide bonds. The fourth-order valence-corrected chi connectivity index (χ4v) is 6.61. The molecule has 172 valence electrons. The van der Waals surface area contributed by atoms with Gasteiger partial charge in [0, 0.05) is 56.4 Å². The van der Waals surface area contributed by atoms with Gasteiger partial charge in [-0.1, -0.05) is 36.4 Å². The Kier molecular flexibility index (Phi) is 6.65. The molecule has 0 N–H and O–H groups in total.